The Morgan fingerprint density at radius 2 is 1.90 bits per heavy atom. The van der Waals surface area contributed by atoms with E-state index in [-0.39, 0.29) is 17.7 Å². The first-order valence-corrected chi connectivity index (χ1v) is 11.0. The molecule has 0 aliphatic heterocycles. The molecule has 0 unspecified atom stereocenters. The Labute approximate surface area is 177 Å². The van der Waals surface area contributed by atoms with Gasteiger partial charge in [0.05, 0.1) is 0 Å². The molecule has 30 heavy (non-hydrogen) atoms. The third kappa shape index (κ3) is 3.89. The molecule has 2 amide bonds. The number of carbonyl (C=O) groups excluding carboxylic acids is 2. The highest BCUT2D eigenvalue weighted by Gasteiger charge is 2.30. The van der Waals surface area contributed by atoms with Crippen molar-refractivity contribution >= 4 is 29.3 Å². The molecular weight excluding hydrogens is 374 g/mol. The summed E-state index contributed by atoms with van der Waals surface area (Å²) in [5.74, 6) is 0.928. The van der Waals surface area contributed by atoms with Gasteiger partial charge in [0, 0.05) is 23.7 Å². The van der Waals surface area contributed by atoms with Gasteiger partial charge in [-0.05, 0) is 104 Å². The molecule has 0 bridgehead atoms. The second-order valence-corrected chi connectivity index (χ2v) is 8.83. The topological polar surface area (TPSA) is 71.1 Å². The maximum absolute atomic E-state index is 12.6. The predicted octanol–water partition coefficient (Wildman–Crippen LogP) is 4.51. The van der Waals surface area contributed by atoms with Gasteiger partial charge in [0.25, 0.3) is 5.91 Å². The number of carbonyl (C=O) groups is 2. The molecule has 5 nitrogen and oxygen atoms in total. The minimum absolute atomic E-state index is 0.0236. The summed E-state index contributed by atoms with van der Waals surface area (Å²) in [5, 5.41) is 6.06. The van der Waals surface area contributed by atoms with Crippen molar-refractivity contribution in [3.05, 3.63) is 58.3 Å². The summed E-state index contributed by atoms with van der Waals surface area (Å²) in [6.45, 7) is 2.09. The number of anilines is 1. The standard InChI is InChI=1S/C25H27N3O2/c1-15-5-6-19(25(30)27-21-3-2-4-21)12-22(15)18-10-9-17-13-23(26-14-20(17)11-18)28-24(29)16-7-8-16/h5-6,11-14,16,21H,2-4,7-10H2,1H3,(H,27,30)(H,26,28,29). The van der Waals surface area contributed by atoms with Gasteiger partial charge < -0.3 is 10.6 Å². The van der Waals surface area contributed by atoms with Crippen LogP contribution >= 0.6 is 0 Å². The van der Waals surface area contributed by atoms with Crippen molar-refractivity contribution in [3.63, 3.8) is 0 Å². The molecule has 154 valence electrons. The van der Waals surface area contributed by atoms with Crippen LogP contribution in [0.3, 0.4) is 0 Å². The molecule has 0 saturated heterocycles. The fourth-order valence-corrected chi connectivity index (χ4v) is 4.17. The van der Waals surface area contributed by atoms with Gasteiger partial charge in [-0.25, -0.2) is 4.98 Å². The molecule has 0 radical (unpaired) electrons. The Bertz CT molecular complexity index is 1050. The molecule has 5 heteroatoms. The number of amides is 2. The number of allylic oxidation sites excluding steroid dienone is 1. The Morgan fingerprint density at radius 3 is 2.63 bits per heavy atom. The van der Waals surface area contributed by atoms with Gasteiger partial charge in [-0.2, -0.15) is 0 Å². The van der Waals surface area contributed by atoms with Gasteiger partial charge in [-0.1, -0.05) is 6.07 Å². The van der Waals surface area contributed by atoms with Crippen molar-refractivity contribution in [2.75, 3.05) is 5.32 Å². The van der Waals surface area contributed by atoms with Crippen molar-refractivity contribution in [1.82, 2.24) is 10.3 Å². The zero-order valence-electron chi connectivity index (χ0n) is 17.3. The van der Waals surface area contributed by atoms with E-state index >= 15 is 0 Å². The first-order valence-electron chi connectivity index (χ1n) is 11.0. The Kier molecular flexibility index (Phi) is 4.89. The highest BCUT2D eigenvalue weighted by Crippen LogP contribution is 2.34. The van der Waals surface area contributed by atoms with Gasteiger partial charge in [0.15, 0.2) is 0 Å². The molecule has 3 aliphatic carbocycles. The maximum atomic E-state index is 12.6. The molecule has 1 heterocycles. The van der Waals surface area contributed by atoms with Crippen molar-refractivity contribution in [2.45, 2.75) is 57.9 Å². The summed E-state index contributed by atoms with van der Waals surface area (Å²) >= 11 is 0. The minimum Gasteiger partial charge on any atom is -0.349 e. The molecule has 2 fully saturated rings. The Hall–Kier alpha value is -2.95. The smallest absolute Gasteiger partial charge is 0.251 e. The van der Waals surface area contributed by atoms with Crippen molar-refractivity contribution < 1.29 is 9.59 Å². The van der Waals surface area contributed by atoms with Crippen LogP contribution in [-0.2, 0) is 11.2 Å². The Balaban J connectivity index is 1.37. The lowest BCUT2D eigenvalue weighted by atomic mass is 9.87. The number of nitrogens with zero attached hydrogens (tertiary/aromatic N) is 1. The number of fused-ring (bicyclic) bond motifs is 1. The first kappa shape index (κ1) is 19.0. The lowest BCUT2D eigenvalue weighted by Crippen LogP contribution is -2.39. The highest BCUT2D eigenvalue weighted by atomic mass is 16.2. The van der Waals surface area contributed by atoms with Crippen LogP contribution in [0.2, 0.25) is 0 Å². The highest BCUT2D eigenvalue weighted by molar-refractivity contribution is 5.97. The van der Waals surface area contributed by atoms with E-state index in [1.807, 2.05) is 30.5 Å². The molecule has 0 spiro atoms. The van der Waals surface area contributed by atoms with Crippen LogP contribution in [0.5, 0.6) is 0 Å². The molecule has 2 N–H and O–H groups in total. The van der Waals surface area contributed by atoms with Crippen LogP contribution in [0.4, 0.5) is 5.82 Å². The molecule has 2 aromatic rings. The number of aryl methyl sites for hydroxylation is 2. The van der Waals surface area contributed by atoms with E-state index in [1.165, 1.54) is 23.1 Å². The average Bonchev–Trinajstić information content (AvgIpc) is 3.56. The number of nitrogens with one attached hydrogen (secondary N) is 2. The SMILES string of the molecule is Cc1ccc(C(=O)NC2CCC2)cc1C1=Cc2cnc(NC(=O)C3CC3)cc2CC1. The maximum Gasteiger partial charge on any atom is 0.251 e. The molecule has 1 aromatic heterocycles. The monoisotopic (exact) mass is 401 g/mol. The number of pyridine rings is 1. The third-order valence-corrected chi connectivity index (χ3v) is 6.50. The largest absolute Gasteiger partial charge is 0.349 e. The van der Waals surface area contributed by atoms with E-state index in [1.54, 1.807) is 0 Å². The lowest BCUT2D eigenvalue weighted by molar-refractivity contribution is -0.117. The van der Waals surface area contributed by atoms with E-state index in [0.717, 1.165) is 55.2 Å². The van der Waals surface area contributed by atoms with Gasteiger partial charge in [-0.3, -0.25) is 9.59 Å². The number of rotatable bonds is 5. The van der Waals surface area contributed by atoms with Crippen LogP contribution in [0, 0.1) is 12.8 Å². The van der Waals surface area contributed by atoms with Gasteiger partial charge >= 0.3 is 0 Å². The third-order valence-electron chi connectivity index (χ3n) is 6.50. The quantitative estimate of drug-likeness (QED) is 0.774. The minimum atomic E-state index is 0.0236. The summed E-state index contributed by atoms with van der Waals surface area (Å²) in [7, 11) is 0. The summed E-state index contributed by atoms with van der Waals surface area (Å²) in [5.41, 5.74) is 6.56. The molecule has 2 saturated carbocycles. The fraction of sp³-hybridized carbons (Fsp3) is 0.400. The number of hydrogen-bond acceptors (Lipinski definition) is 3. The average molecular weight is 402 g/mol. The number of benzene rings is 1. The van der Waals surface area contributed by atoms with Gasteiger partial charge in [-0.15, -0.1) is 0 Å². The van der Waals surface area contributed by atoms with E-state index in [2.05, 4.69) is 28.6 Å². The molecular formula is C25H27N3O2. The van der Waals surface area contributed by atoms with E-state index < -0.39 is 0 Å². The fourth-order valence-electron chi connectivity index (χ4n) is 4.17. The predicted molar refractivity (Wildman–Crippen MR) is 118 cm³/mol. The Morgan fingerprint density at radius 1 is 1.07 bits per heavy atom. The van der Waals surface area contributed by atoms with Gasteiger partial charge in [0.2, 0.25) is 5.91 Å². The van der Waals surface area contributed by atoms with Crippen LogP contribution in [0.1, 0.15) is 71.1 Å². The zero-order valence-corrected chi connectivity index (χ0v) is 17.3. The summed E-state index contributed by atoms with van der Waals surface area (Å²) in [6, 6.07) is 8.32. The van der Waals surface area contributed by atoms with Crippen LogP contribution < -0.4 is 10.6 Å². The summed E-state index contributed by atoms with van der Waals surface area (Å²) in [4.78, 5) is 29.0. The lowest BCUT2D eigenvalue weighted by Gasteiger charge is -2.26. The van der Waals surface area contributed by atoms with Crippen LogP contribution in [0.15, 0.2) is 30.5 Å². The van der Waals surface area contributed by atoms with Crippen molar-refractivity contribution in [2.24, 2.45) is 5.92 Å². The van der Waals surface area contributed by atoms with Crippen molar-refractivity contribution in [3.8, 4) is 0 Å². The second kappa shape index (κ2) is 7.71. The van der Waals surface area contributed by atoms with E-state index in [9.17, 15) is 9.59 Å². The molecule has 5 rings (SSSR count). The van der Waals surface area contributed by atoms with Crippen LogP contribution in [-0.4, -0.2) is 22.8 Å². The molecule has 3 aliphatic rings. The summed E-state index contributed by atoms with van der Waals surface area (Å²) < 4.78 is 0. The van der Waals surface area contributed by atoms with Crippen molar-refractivity contribution in [1.29, 1.82) is 0 Å². The molecule has 1 aromatic carbocycles. The number of aromatic nitrogens is 1. The van der Waals surface area contributed by atoms with E-state index in [4.69, 9.17) is 0 Å². The second-order valence-electron chi connectivity index (χ2n) is 8.83. The molecule has 0 atom stereocenters. The van der Waals surface area contributed by atoms with Gasteiger partial charge in [0.1, 0.15) is 5.82 Å². The normalized spacial score (nSPS) is 18.1. The van der Waals surface area contributed by atoms with Crippen LogP contribution in [0.25, 0.3) is 11.6 Å². The van der Waals surface area contributed by atoms with E-state index in [0.29, 0.717) is 11.9 Å². The first-order chi connectivity index (χ1) is 14.6. The summed E-state index contributed by atoms with van der Waals surface area (Å²) in [6.07, 6.45) is 11.2. The zero-order chi connectivity index (χ0) is 20.7. The number of hydrogen-bond donors (Lipinski definition) is 2.